The molecule has 1 spiro atoms. The van der Waals surface area contributed by atoms with Crippen LogP contribution in [0.25, 0.3) is 0 Å². The molecule has 1 aromatic rings. The highest BCUT2D eigenvalue weighted by atomic mass is 32.1. The molecule has 9 heteroatoms. The zero-order chi connectivity index (χ0) is 17.9. The summed E-state index contributed by atoms with van der Waals surface area (Å²) in [5, 5.41) is 5.15. The lowest BCUT2D eigenvalue weighted by Gasteiger charge is -2.42. The fourth-order valence-electron chi connectivity index (χ4n) is 3.02. The second-order valence-electron chi connectivity index (χ2n) is 6.55. The van der Waals surface area contributed by atoms with Crippen LogP contribution in [0.1, 0.15) is 30.1 Å². The molecule has 1 atom stereocenters. The van der Waals surface area contributed by atoms with Crippen LogP contribution in [0, 0.1) is 0 Å². The first-order valence-corrected chi connectivity index (χ1v) is 9.39. The number of ether oxygens (including phenoxy) is 2. The topological polar surface area (TPSA) is 84.0 Å². The number of thiazole rings is 1. The van der Waals surface area contributed by atoms with Crippen LogP contribution in [0.15, 0.2) is 11.6 Å². The smallest absolute Gasteiger partial charge is 0.317 e. The Kier molecular flexibility index (Phi) is 5.55. The summed E-state index contributed by atoms with van der Waals surface area (Å²) in [4.78, 5) is 32.5. The highest BCUT2D eigenvalue weighted by molar-refractivity contribution is 7.11. The van der Waals surface area contributed by atoms with E-state index in [4.69, 9.17) is 9.47 Å². The SMILES string of the molecule is CC(C)NC(=O)N1CCCOC2(C1)CN(C(=O)c1nccs1)CCO2. The normalized spacial score (nSPS) is 24.4. The van der Waals surface area contributed by atoms with Gasteiger partial charge in [-0.05, 0) is 20.3 Å². The standard InChI is InChI=1S/C16H24N4O4S/c1-12(2)18-15(22)20-5-3-7-23-16(11-20)10-19(6-8-24-16)14(21)13-17-4-9-25-13/h4,9,12H,3,5-8,10-11H2,1-2H3,(H,18,22). The number of carbonyl (C=O) groups excluding carboxylic acids is 2. The number of carbonyl (C=O) groups is 2. The largest absolute Gasteiger partial charge is 0.347 e. The summed E-state index contributed by atoms with van der Waals surface area (Å²) < 4.78 is 11.9. The number of nitrogens with zero attached hydrogens (tertiary/aromatic N) is 3. The molecule has 25 heavy (non-hydrogen) atoms. The molecule has 2 aliphatic heterocycles. The molecule has 0 bridgehead atoms. The third kappa shape index (κ3) is 4.28. The summed E-state index contributed by atoms with van der Waals surface area (Å²) in [6.45, 7) is 6.39. The van der Waals surface area contributed by atoms with Gasteiger partial charge in [0, 0.05) is 30.7 Å². The first-order valence-electron chi connectivity index (χ1n) is 8.51. The van der Waals surface area contributed by atoms with Gasteiger partial charge in [-0.15, -0.1) is 11.3 Å². The summed E-state index contributed by atoms with van der Waals surface area (Å²) in [6, 6.07) is -0.0743. The number of hydrogen-bond acceptors (Lipinski definition) is 6. The Bertz CT molecular complexity index is 609. The van der Waals surface area contributed by atoms with Crippen LogP contribution in [0.4, 0.5) is 4.79 Å². The third-order valence-electron chi connectivity index (χ3n) is 4.13. The maximum absolute atomic E-state index is 12.6. The summed E-state index contributed by atoms with van der Waals surface area (Å²) >= 11 is 1.32. The van der Waals surface area contributed by atoms with Crippen molar-refractivity contribution in [1.82, 2.24) is 20.1 Å². The Morgan fingerprint density at radius 1 is 1.24 bits per heavy atom. The van der Waals surface area contributed by atoms with E-state index in [0.29, 0.717) is 37.9 Å². The summed E-state index contributed by atoms with van der Waals surface area (Å²) in [5.41, 5.74) is 0. The van der Waals surface area contributed by atoms with Crippen molar-refractivity contribution in [2.24, 2.45) is 0 Å². The molecule has 2 aliphatic rings. The summed E-state index contributed by atoms with van der Waals surface area (Å²) in [7, 11) is 0. The second kappa shape index (κ2) is 7.67. The van der Waals surface area contributed by atoms with E-state index in [2.05, 4.69) is 10.3 Å². The highest BCUT2D eigenvalue weighted by Gasteiger charge is 2.43. The van der Waals surface area contributed by atoms with Gasteiger partial charge in [0.2, 0.25) is 5.79 Å². The zero-order valence-corrected chi connectivity index (χ0v) is 15.4. The molecule has 0 radical (unpaired) electrons. The van der Waals surface area contributed by atoms with Crippen molar-refractivity contribution in [2.75, 3.05) is 39.4 Å². The van der Waals surface area contributed by atoms with Crippen molar-refractivity contribution in [3.8, 4) is 0 Å². The summed E-state index contributed by atoms with van der Waals surface area (Å²) in [6.07, 6.45) is 2.35. The van der Waals surface area contributed by atoms with E-state index < -0.39 is 5.79 Å². The number of hydrogen-bond donors (Lipinski definition) is 1. The molecule has 2 saturated heterocycles. The number of amides is 3. The van der Waals surface area contributed by atoms with Gasteiger partial charge in [-0.25, -0.2) is 9.78 Å². The van der Waals surface area contributed by atoms with Gasteiger partial charge in [0.25, 0.3) is 5.91 Å². The van der Waals surface area contributed by atoms with Crippen LogP contribution < -0.4 is 5.32 Å². The number of rotatable bonds is 2. The van der Waals surface area contributed by atoms with Crippen molar-refractivity contribution in [3.05, 3.63) is 16.6 Å². The fourth-order valence-corrected chi connectivity index (χ4v) is 3.62. The number of morpholine rings is 1. The van der Waals surface area contributed by atoms with Crippen LogP contribution in [0.3, 0.4) is 0 Å². The lowest BCUT2D eigenvalue weighted by Crippen LogP contribution is -2.60. The van der Waals surface area contributed by atoms with E-state index in [9.17, 15) is 9.59 Å². The predicted octanol–water partition coefficient (Wildman–Crippen LogP) is 1.15. The molecule has 0 aromatic carbocycles. The average molecular weight is 368 g/mol. The molecular weight excluding hydrogens is 344 g/mol. The second-order valence-corrected chi connectivity index (χ2v) is 7.45. The Balaban J connectivity index is 1.72. The monoisotopic (exact) mass is 368 g/mol. The van der Waals surface area contributed by atoms with Gasteiger partial charge in [0.1, 0.15) is 0 Å². The van der Waals surface area contributed by atoms with Crippen molar-refractivity contribution >= 4 is 23.3 Å². The van der Waals surface area contributed by atoms with E-state index in [1.807, 2.05) is 13.8 Å². The minimum atomic E-state index is -0.976. The molecule has 1 N–H and O–H groups in total. The average Bonchev–Trinajstić information content (AvgIpc) is 3.04. The molecule has 1 unspecified atom stereocenters. The van der Waals surface area contributed by atoms with Crippen LogP contribution in [-0.4, -0.2) is 77.9 Å². The number of aromatic nitrogens is 1. The molecule has 3 rings (SSSR count). The maximum atomic E-state index is 12.6. The maximum Gasteiger partial charge on any atom is 0.317 e. The number of nitrogens with one attached hydrogen (secondary N) is 1. The minimum Gasteiger partial charge on any atom is -0.347 e. The van der Waals surface area contributed by atoms with Crippen molar-refractivity contribution in [1.29, 1.82) is 0 Å². The first-order chi connectivity index (χ1) is 12.0. The first kappa shape index (κ1) is 18.1. The van der Waals surface area contributed by atoms with Crippen LogP contribution in [-0.2, 0) is 9.47 Å². The van der Waals surface area contributed by atoms with Crippen LogP contribution in [0.2, 0.25) is 0 Å². The highest BCUT2D eigenvalue weighted by Crippen LogP contribution is 2.25. The van der Waals surface area contributed by atoms with Gasteiger partial charge in [0.05, 0.1) is 26.3 Å². The fraction of sp³-hybridized carbons (Fsp3) is 0.688. The van der Waals surface area contributed by atoms with Crippen molar-refractivity contribution in [2.45, 2.75) is 32.1 Å². The Morgan fingerprint density at radius 3 is 2.72 bits per heavy atom. The molecule has 3 heterocycles. The Morgan fingerprint density at radius 2 is 2.00 bits per heavy atom. The van der Waals surface area contributed by atoms with Gasteiger partial charge >= 0.3 is 6.03 Å². The Hall–Kier alpha value is -1.71. The van der Waals surface area contributed by atoms with E-state index >= 15 is 0 Å². The third-order valence-corrected chi connectivity index (χ3v) is 4.89. The van der Waals surface area contributed by atoms with Crippen LogP contribution in [0.5, 0.6) is 0 Å². The van der Waals surface area contributed by atoms with E-state index in [1.165, 1.54) is 11.3 Å². The van der Waals surface area contributed by atoms with E-state index in [0.717, 1.165) is 6.42 Å². The van der Waals surface area contributed by atoms with Gasteiger partial charge in [-0.1, -0.05) is 0 Å². The van der Waals surface area contributed by atoms with Gasteiger partial charge in [-0.3, -0.25) is 4.79 Å². The van der Waals surface area contributed by atoms with Crippen molar-refractivity contribution < 1.29 is 19.1 Å². The zero-order valence-electron chi connectivity index (χ0n) is 14.6. The quantitative estimate of drug-likeness (QED) is 0.847. The lowest BCUT2D eigenvalue weighted by molar-refractivity contribution is -0.258. The molecule has 8 nitrogen and oxygen atoms in total. The molecule has 2 fully saturated rings. The molecule has 0 saturated carbocycles. The van der Waals surface area contributed by atoms with Gasteiger partial charge < -0.3 is 24.6 Å². The van der Waals surface area contributed by atoms with E-state index in [-0.39, 0.29) is 24.5 Å². The summed E-state index contributed by atoms with van der Waals surface area (Å²) in [5.74, 6) is -1.10. The van der Waals surface area contributed by atoms with Crippen LogP contribution >= 0.6 is 11.3 Å². The van der Waals surface area contributed by atoms with Crippen molar-refractivity contribution in [3.63, 3.8) is 0 Å². The minimum absolute atomic E-state index is 0.0582. The Labute approximate surface area is 151 Å². The predicted molar refractivity (Wildman–Crippen MR) is 92.5 cm³/mol. The molecular formula is C16H24N4O4S. The van der Waals surface area contributed by atoms with Gasteiger partial charge in [-0.2, -0.15) is 0 Å². The molecule has 3 amide bonds. The molecule has 138 valence electrons. The van der Waals surface area contributed by atoms with Gasteiger partial charge in [0.15, 0.2) is 5.01 Å². The van der Waals surface area contributed by atoms with E-state index in [1.54, 1.807) is 21.4 Å². The number of urea groups is 1. The molecule has 0 aliphatic carbocycles. The molecule has 1 aromatic heterocycles. The lowest BCUT2D eigenvalue weighted by atomic mass is 10.2.